The highest BCUT2D eigenvalue weighted by molar-refractivity contribution is 6.05. The van der Waals surface area contributed by atoms with E-state index in [2.05, 4.69) is 0 Å². The van der Waals surface area contributed by atoms with Crippen molar-refractivity contribution in [3.8, 4) is 0 Å². The van der Waals surface area contributed by atoms with Gasteiger partial charge in [0.15, 0.2) is 0 Å². The average Bonchev–Trinajstić information content (AvgIpc) is 2.49. The van der Waals surface area contributed by atoms with Crippen molar-refractivity contribution in [1.82, 2.24) is 9.80 Å². The number of amides is 2. The highest BCUT2D eigenvalue weighted by Gasteiger charge is 2.49. The number of rotatable bonds is 0. The molecule has 2 aliphatic heterocycles. The molecule has 2 aliphatic rings. The number of hydrogen-bond donors (Lipinski definition) is 0. The standard InChI is InChI=1S/C8H12N2O2/c1-9-3-5-6(4-9)8(12)10(2)7(5)11/h5-6H,3-4H2,1-2H3/t5-,6+. The second-order valence-electron chi connectivity index (χ2n) is 3.67. The third-order valence-corrected chi connectivity index (χ3v) is 2.80. The number of hydrogen-bond acceptors (Lipinski definition) is 3. The fourth-order valence-corrected chi connectivity index (χ4v) is 2.11. The van der Waals surface area contributed by atoms with Crippen LogP contribution in [0.15, 0.2) is 0 Å². The second-order valence-corrected chi connectivity index (χ2v) is 3.67. The van der Waals surface area contributed by atoms with Crippen LogP contribution in [0.5, 0.6) is 0 Å². The van der Waals surface area contributed by atoms with E-state index in [9.17, 15) is 9.59 Å². The molecule has 0 aromatic heterocycles. The van der Waals surface area contributed by atoms with Crippen LogP contribution in [-0.4, -0.2) is 48.8 Å². The Morgan fingerprint density at radius 1 is 1.08 bits per heavy atom. The number of carbonyl (C=O) groups is 2. The molecule has 2 atom stereocenters. The SMILES string of the molecule is CN1C[C@@H]2C(=O)N(C)C(=O)[C@@H]2C1. The molecule has 0 bridgehead atoms. The third kappa shape index (κ3) is 0.813. The van der Waals surface area contributed by atoms with Crippen LogP contribution in [0, 0.1) is 11.8 Å². The zero-order valence-electron chi connectivity index (χ0n) is 7.28. The number of carbonyl (C=O) groups excluding carboxylic acids is 2. The molecule has 66 valence electrons. The first-order valence-corrected chi connectivity index (χ1v) is 4.11. The summed E-state index contributed by atoms with van der Waals surface area (Å²) in [5.74, 6) is -0.135. The van der Waals surface area contributed by atoms with Crippen LogP contribution < -0.4 is 0 Å². The largest absolute Gasteiger partial charge is 0.305 e. The number of fused-ring (bicyclic) bond motifs is 1. The van der Waals surface area contributed by atoms with Gasteiger partial charge in [0.2, 0.25) is 11.8 Å². The van der Waals surface area contributed by atoms with Crippen molar-refractivity contribution in [2.24, 2.45) is 11.8 Å². The van der Waals surface area contributed by atoms with E-state index in [4.69, 9.17) is 0 Å². The van der Waals surface area contributed by atoms with Gasteiger partial charge >= 0.3 is 0 Å². The van der Waals surface area contributed by atoms with Gasteiger partial charge < -0.3 is 4.90 Å². The molecule has 2 saturated heterocycles. The van der Waals surface area contributed by atoms with Gasteiger partial charge in [-0.25, -0.2) is 0 Å². The topological polar surface area (TPSA) is 40.6 Å². The summed E-state index contributed by atoms with van der Waals surface area (Å²) in [5.41, 5.74) is 0. The molecule has 0 aromatic carbocycles. The first-order chi connectivity index (χ1) is 5.61. The Labute approximate surface area is 71.1 Å². The molecule has 12 heavy (non-hydrogen) atoms. The Kier molecular flexibility index (Phi) is 1.48. The van der Waals surface area contributed by atoms with Crippen LogP contribution in [0.3, 0.4) is 0 Å². The van der Waals surface area contributed by atoms with Crippen molar-refractivity contribution in [2.45, 2.75) is 0 Å². The van der Waals surface area contributed by atoms with Crippen molar-refractivity contribution in [1.29, 1.82) is 0 Å². The number of likely N-dealkylation sites (tertiary alicyclic amines) is 2. The molecule has 0 saturated carbocycles. The molecule has 2 fully saturated rings. The second kappa shape index (κ2) is 2.29. The van der Waals surface area contributed by atoms with E-state index in [-0.39, 0.29) is 23.7 Å². The summed E-state index contributed by atoms with van der Waals surface area (Å²) in [7, 11) is 3.52. The van der Waals surface area contributed by atoms with Crippen LogP contribution in [0.2, 0.25) is 0 Å². The average molecular weight is 168 g/mol. The maximum Gasteiger partial charge on any atom is 0.234 e. The van der Waals surface area contributed by atoms with E-state index in [0.29, 0.717) is 0 Å². The minimum absolute atomic E-state index is 0.00523. The van der Waals surface area contributed by atoms with E-state index in [1.807, 2.05) is 11.9 Å². The van der Waals surface area contributed by atoms with Gasteiger partial charge in [-0.2, -0.15) is 0 Å². The highest BCUT2D eigenvalue weighted by Crippen LogP contribution is 2.31. The van der Waals surface area contributed by atoms with E-state index >= 15 is 0 Å². The van der Waals surface area contributed by atoms with Gasteiger partial charge in [0.05, 0.1) is 11.8 Å². The molecule has 0 radical (unpaired) electrons. The Morgan fingerprint density at radius 2 is 1.50 bits per heavy atom. The van der Waals surface area contributed by atoms with E-state index in [1.54, 1.807) is 7.05 Å². The Morgan fingerprint density at radius 3 is 1.92 bits per heavy atom. The molecule has 0 aliphatic carbocycles. The molecule has 0 unspecified atom stereocenters. The lowest BCUT2D eigenvalue weighted by atomic mass is 10.00. The van der Waals surface area contributed by atoms with Gasteiger partial charge in [-0.15, -0.1) is 0 Å². The van der Waals surface area contributed by atoms with Gasteiger partial charge in [0, 0.05) is 20.1 Å². The molecule has 0 N–H and O–H groups in total. The first kappa shape index (κ1) is 7.73. The van der Waals surface area contributed by atoms with E-state index in [1.165, 1.54) is 4.90 Å². The first-order valence-electron chi connectivity index (χ1n) is 4.11. The molecule has 4 heteroatoms. The fraction of sp³-hybridized carbons (Fsp3) is 0.750. The van der Waals surface area contributed by atoms with Crippen molar-refractivity contribution in [3.63, 3.8) is 0 Å². The van der Waals surface area contributed by atoms with Crippen LogP contribution in [0.4, 0.5) is 0 Å². The number of nitrogens with zero attached hydrogens (tertiary/aromatic N) is 2. The normalized spacial score (nSPS) is 36.3. The molecule has 0 spiro atoms. The molecule has 2 heterocycles. The quantitative estimate of drug-likeness (QED) is 0.443. The lowest BCUT2D eigenvalue weighted by Crippen LogP contribution is -2.31. The van der Waals surface area contributed by atoms with Gasteiger partial charge in [-0.3, -0.25) is 14.5 Å². The summed E-state index contributed by atoms with van der Waals surface area (Å²) < 4.78 is 0. The van der Waals surface area contributed by atoms with Gasteiger partial charge in [-0.1, -0.05) is 0 Å². The van der Waals surface area contributed by atoms with Gasteiger partial charge in [0.1, 0.15) is 0 Å². The number of imide groups is 1. The van der Waals surface area contributed by atoms with Crippen molar-refractivity contribution in [3.05, 3.63) is 0 Å². The third-order valence-electron chi connectivity index (χ3n) is 2.80. The minimum Gasteiger partial charge on any atom is -0.305 e. The smallest absolute Gasteiger partial charge is 0.234 e. The predicted molar refractivity (Wildman–Crippen MR) is 42.3 cm³/mol. The Bertz CT molecular complexity index is 227. The predicted octanol–water partition coefficient (Wildman–Crippen LogP) is -0.837. The summed E-state index contributed by atoms with van der Waals surface area (Å²) in [4.78, 5) is 26.1. The maximum atomic E-state index is 11.4. The molecule has 0 aromatic rings. The zero-order chi connectivity index (χ0) is 8.88. The van der Waals surface area contributed by atoms with Crippen LogP contribution in [-0.2, 0) is 9.59 Å². The van der Waals surface area contributed by atoms with Gasteiger partial charge in [0.25, 0.3) is 0 Å². The summed E-state index contributed by atoms with van der Waals surface area (Å²) in [6.07, 6.45) is 0. The lowest BCUT2D eigenvalue weighted by Gasteiger charge is -2.12. The molecular formula is C8H12N2O2. The highest BCUT2D eigenvalue weighted by atomic mass is 16.2. The Hall–Kier alpha value is -0.900. The van der Waals surface area contributed by atoms with Crippen LogP contribution >= 0.6 is 0 Å². The molecular weight excluding hydrogens is 156 g/mol. The zero-order valence-corrected chi connectivity index (χ0v) is 7.28. The van der Waals surface area contributed by atoms with E-state index < -0.39 is 0 Å². The van der Waals surface area contributed by atoms with Crippen molar-refractivity contribution < 1.29 is 9.59 Å². The Balaban J connectivity index is 2.27. The fourth-order valence-electron chi connectivity index (χ4n) is 2.11. The summed E-state index contributed by atoms with van der Waals surface area (Å²) in [5, 5.41) is 0. The monoisotopic (exact) mass is 168 g/mol. The van der Waals surface area contributed by atoms with Crippen molar-refractivity contribution in [2.75, 3.05) is 27.2 Å². The van der Waals surface area contributed by atoms with Crippen LogP contribution in [0.25, 0.3) is 0 Å². The summed E-state index contributed by atoms with van der Waals surface area (Å²) in [6, 6.07) is 0. The minimum atomic E-state index is -0.0625. The molecule has 2 amide bonds. The summed E-state index contributed by atoms with van der Waals surface area (Å²) >= 11 is 0. The lowest BCUT2D eigenvalue weighted by molar-refractivity contribution is -0.138. The molecule has 2 rings (SSSR count). The van der Waals surface area contributed by atoms with Gasteiger partial charge in [-0.05, 0) is 7.05 Å². The van der Waals surface area contributed by atoms with Crippen molar-refractivity contribution >= 4 is 11.8 Å². The van der Waals surface area contributed by atoms with E-state index in [0.717, 1.165) is 13.1 Å². The summed E-state index contributed by atoms with van der Waals surface area (Å²) in [6.45, 7) is 1.47. The van der Waals surface area contributed by atoms with Crippen LogP contribution in [0.1, 0.15) is 0 Å². The molecule has 4 nitrogen and oxygen atoms in total. The maximum absolute atomic E-state index is 11.4.